The summed E-state index contributed by atoms with van der Waals surface area (Å²) in [6.45, 7) is 1.93. The summed E-state index contributed by atoms with van der Waals surface area (Å²) in [4.78, 5) is 34.9. The molecule has 1 N–H and O–H groups in total. The molecule has 34 heavy (non-hydrogen) atoms. The lowest BCUT2D eigenvalue weighted by Gasteiger charge is -2.19. The van der Waals surface area contributed by atoms with Gasteiger partial charge in [-0.2, -0.15) is 0 Å². The van der Waals surface area contributed by atoms with Crippen LogP contribution in [0.15, 0.2) is 55.0 Å². The number of amides is 2. The van der Waals surface area contributed by atoms with Crippen molar-refractivity contribution < 1.29 is 19.1 Å². The van der Waals surface area contributed by atoms with E-state index in [2.05, 4.69) is 20.0 Å². The van der Waals surface area contributed by atoms with Crippen molar-refractivity contribution in [3.8, 4) is 17.0 Å². The number of hydrogen-bond donors (Lipinski definition) is 1. The largest absolute Gasteiger partial charge is 0.495 e. The number of hydrogen-bond acceptors (Lipinski definition) is 6. The molecule has 0 radical (unpaired) electrons. The molecule has 1 aromatic carbocycles. The summed E-state index contributed by atoms with van der Waals surface area (Å²) in [5.41, 5.74) is 4.35. The lowest BCUT2D eigenvalue weighted by molar-refractivity contribution is 0.0992. The number of imidazole rings is 1. The lowest BCUT2D eigenvalue weighted by atomic mass is 10.1. The van der Waals surface area contributed by atoms with Crippen molar-refractivity contribution in [1.82, 2.24) is 14.4 Å². The normalized spacial score (nSPS) is 10.7. The zero-order valence-corrected chi connectivity index (χ0v) is 19.8. The first-order valence-electron chi connectivity index (χ1n) is 10.2. The van der Waals surface area contributed by atoms with Gasteiger partial charge in [0.2, 0.25) is 0 Å². The van der Waals surface area contributed by atoms with Gasteiger partial charge < -0.3 is 14.4 Å². The summed E-state index contributed by atoms with van der Waals surface area (Å²) in [6.07, 6.45) is 4.62. The van der Waals surface area contributed by atoms with Gasteiger partial charge in [-0.15, -0.1) is 0 Å². The minimum Gasteiger partial charge on any atom is -0.495 e. The molecule has 9 nitrogen and oxygen atoms in total. The number of carbonyl (C=O) groups is 2. The fourth-order valence-corrected chi connectivity index (χ4v) is 3.71. The first kappa shape index (κ1) is 23.1. The van der Waals surface area contributed by atoms with Crippen LogP contribution in [0.2, 0.25) is 5.02 Å². The fraction of sp³-hybridized carbons (Fsp3) is 0.167. The Morgan fingerprint density at radius 3 is 2.56 bits per heavy atom. The second-order valence-electron chi connectivity index (χ2n) is 7.48. The Morgan fingerprint density at radius 1 is 1.09 bits per heavy atom. The molecule has 0 aliphatic heterocycles. The van der Waals surface area contributed by atoms with Crippen molar-refractivity contribution in [3.05, 3.63) is 71.1 Å². The van der Waals surface area contributed by atoms with Crippen LogP contribution in [0.3, 0.4) is 0 Å². The number of benzene rings is 1. The van der Waals surface area contributed by atoms with Crippen molar-refractivity contribution in [2.45, 2.75) is 6.92 Å². The summed E-state index contributed by atoms with van der Waals surface area (Å²) in [5, 5.41) is 2.95. The van der Waals surface area contributed by atoms with Crippen LogP contribution in [0.25, 0.3) is 16.9 Å². The number of aryl methyl sites for hydroxylation is 1. The molecule has 4 aromatic rings. The van der Waals surface area contributed by atoms with E-state index in [1.165, 1.54) is 14.2 Å². The molecule has 0 fully saturated rings. The number of fused-ring (bicyclic) bond motifs is 1. The van der Waals surface area contributed by atoms with Crippen LogP contribution in [0, 0.1) is 6.92 Å². The van der Waals surface area contributed by atoms with Crippen LogP contribution in [-0.4, -0.2) is 47.6 Å². The fourth-order valence-electron chi connectivity index (χ4n) is 3.51. The number of ether oxygens (including phenoxy) is 2. The third kappa shape index (κ3) is 4.38. The minimum absolute atomic E-state index is 0.213. The Morgan fingerprint density at radius 2 is 1.88 bits per heavy atom. The van der Waals surface area contributed by atoms with Gasteiger partial charge in [0.15, 0.2) is 0 Å². The number of halogens is 1. The van der Waals surface area contributed by atoms with Gasteiger partial charge in [0.05, 0.1) is 36.8 Å². The predicted octanol–water partition coefficient (Wildman–Crippen LogP) is 4.82. The van der Waals surface area contributed by atoms with Gasteiger partial charge in [0.1, 0.15) is 17.2 Å². The van der Waals surface area contributed by atoms with E-state index in [0.717, 1.165) is 22.5 Å². The van der Waals surface area contributed by atoms with Gasteiger partial charge in [-0.25, -0.2) is 14.8 Å². The molecule has 0 spiro atoms. The molecule has 0 atom stereocenters. The highest BCUT2D eigenvalue weighted by atomic mass is 35.5. The number of carbonyl (C=O) groups excluding carboxylic acids is 2. The van der Waals surface area contributed by atoms with E-state index in [1.54, 1.807) is 48.6 Å². The van der Waals surface area contributed by atoms with Gasteiger partial charge in [0, 0.05) is 30.6 Å². The van der Waals surface area contributed by atoms with Crippen LogP contribution in [0.5, 0.6) is 5.75 Å². The Kier molecular flexibility index (Phi) is 6.38. The quantitative estimate of drug-likeness (QED) is 0.440. The maximum absolute atomic E-state index is 13.2. The van der Waals surface area contributed by atoms with Crippen molar-refractivity contribution in [2.75, 3.05) is 31.5 Å². The highest BCUT2D eigenvalue weighted by molar-refractivity contribution is 6.32. The minimum atomic E-state index is -0.596. The molecule has 174 valence electrons. The third-order valence-electron chi connectivity index (χ3n) is 5.34. The number of methoxy groups -OCH3 is 2. The first-order valence-corrected chi connectivity index (χ1v) is 10.6. The summed E-state index contributed by atoms with van der Waals surface area (Å²) < 4.78 is 11.7. The highest BCUT2D eigenvalue weighted by Crippen LogP contribution is 2.29. The monoisotopic (exact) mass is 479 g/mol. The summed E-state index contributed by atoms with van der Waals surface area (Å²) in [5.74, 6) is 0.586. The van der Waals surface area contributed by atoms with Crippen LogP contribution in [-0.2, 0) is 4.74 Å². The first-order chi connectivity index (χ1) is 16.3. The maximum atomic E-state index is 13.2. The van der Waals surface area contributed by atoms with E-state index in [0.29, 0.717) is 27.8 Å². The summed E-state index contributed by atoms with van der Waals surface area (Å²) in [6, 6.07) is 10.3. The summed E-state index contributed by atoms with van der Waals surface area (Å²) >= 11 is 6.10. The van der Waals surface area contributed by atoms with Crippen LogP contribution < -0.4 is 15.0 Å². The standard InChI is InChI=1S/C24H22ClN5O4/c1-14-9-17(29(2)23(31)15-5-7-18(25)20(10-15)33-3)13-30-19(12-27-22(14)30)16-6-8-21(26-11-16)28-24(32)34-4/h5-13H,1-4H3,(H,26,28,32). The summed E-state index contributed by atoms with van der Waals surface area (Å²) in [7, 11) is 4.49. The number of nitrogens with one attached hydrogen (secondary N) is 1. The van der Waals surface area contributed by atoms with Gasteiger partial charge in [-0.3, -0.25) is 14.5 Å². The topological polar surface area (TPSA) is 98.1 Å². The molecule has 2 amide bonds. The van der Waals surface area contributed by atoms with Gasteiger partial charge >= 0.3 is 6.09 Å². The predicted molar refractivity (Wildman–Crippen MR) is 130 cm³/mol. The van der Waals surface area contributed by atoms with Crippen molar-refractivity contribution in [2.24, 2.45) is 0 Å². The average Bonchev–Trinajstić information content (AvgIpc) is 3.28. The van der Waals surface area contributed by atoms with Crippen molar-refractivity contribution in [1.29, 1.82) is 0 Å². The SMILES string of the molecule is COC(=O)Nc1ccc(-c2cnc3c(C)cc(N(C)C(=O)c4ccc(Cl)c(OC)c4)cn23)cn1. The molecule has 0 bridgehead atoms. The zero-order valence-electron chi connectivity index (χ0n) is 19.0. The van der Waals surface area contributed by atoms with Gasteiger partial charge in [-0.05, 0) is 48.9 Å². The van der Waals surface area contributed by atoms with Crippen LogP contribution >= 0.6 is 11.6 Å². The van der Waals surface area contributed by atoms with E-state index in [9.17, 15) is 9.59 Å². The zero-order chi connectivity index (χ0) is 24.4. The second-order valence-corrected chi connectivity index (χ2v) is 7.89. The lowest BCUT2D eigenvalue weighted by Crippen LogP contribution is -2.26. The van der Waals surface area contributed by atoms with Gasteiger partial charge in [-0.1, -0.05) is 11.6 Å². The van der Waals surface area contributed by atoms with E-state index in [4.69, 9.17) is 16.3 Å². The Hall–Kier alpha value is -4.11. The molecule has 4 rings (SSSR count). The molecule has 3 aromatic heterocycles. The third-order valence-corrected chi connectivity index (χ3v) is 5.65. The Labute approximate surface area is 200 Å². The number of aromatic nitrogens is 3. The molecule has 3 heterocycles. The number of rotatable bonds is 5. The van der Waals surface area contributed by atoms with Crippen LogP contribution in [0.4, 0.5) is 16.3 Å². The molecule has 10 heteroatoms. The van der Waals surface area contributed by atoms with E-state index in [-0.39, 0.29) is 5.91 Å². The average molecular weight is 480 g/mol. The molecule has 0 saturated heterocycles. The number of anilines is 2. The smallest absolute Gasteiger partial charge is 0.412 e. The van der Waals surface area contributed by atoms with E-state index >= 15 is 0 Å². The molecule has 0 saturated carbocycles. The Bertz CT molecular complexity index is 1380. The van der Waals surface area contributed by atoms with Crippen LogP contribution in [0.1, 0.15) is 15.9 Å². The van der Waals surface area contributed by atoms with Crippen molar-refractivity contribution >= 4 is 40.8 Å². The van der Waals surface area contributed by atoms with Crippen molar-refractivity contribution in [3.63, 3.8) is 0 Å². The molecule has 0 unspecified atom stereocenters. The molecule has 0 aliphatic carbocycles. The maximum Gasteiger partial charge on any atom is 0.412 e. The Balaban J connectivity index is 1.69. The van der Waals surface area contributed by atoms with Gasteiger partial charge in [0.25, 0.3) is 5.91 Å². The molecular weight excluding hydrogens is 458 g/mol. The number of pyridine rings is 2. The second kappa shape index (κ2) is 9.40. The molecule has 0 aliphatic rings. The van der Waals surface area contributed by atoms with E-state index < -0.39 is 6.09 Å². The number of nitrogens with zero attached hydrogens (tertiary/aromatic N) is 4. The highest BCUT2D eigenvalue weighted by Gasteiger charge is 2.18. The molecular formula is C24H22ClN5O4. The van der Waals surface area contributed by atoms with E-state index in [1.807, 2.05) is 29.7 Å².